The molecule has 0 bridgehead atoms. The molecule has 0 saturated heterocycles. The summed E-state index contributed by atoms with van der Waals surface area (Å²) in [7, 11) is 1.82. The first-order chi connectivity index (χ1) is 14.4. The van der Waals surface area contributed by atoms with Crippen molar-refractivity contribution in [2.24, 2.45) is 0 Å². The lowest BCUT2D eigenvalue weighted by molar-refractivity contribution is -0.120. The van der Waals surface area contributed by atoms with Gasteiger partial charge in [0.25, 0.3) is 5.56 Å². The summed E-state index contributed by atoms with van der Waals surface area (Å²) < 4.78 is 6.72. The second kappa shape index (κ2) is 9.80. The van der Waals surface area contributed by atoms with E-state index in [9.17, 15) is 14.4 Å². The average molecular weight is 418 g/mol. The molecule has 9 heteroatoms. The van der Waals surface area contributed by atoms with E-state index in [-0.39, 0.29) is 30.0 Å². The van der Waals surface area contributed by atoms with Crippen molar-refractivity contribution in [1.82, 2.24) is 14.5 Å². The van der Waals surface area contributed by atoms with Gasteiger partial charge in [0.05, 0.1) is 19.4 Å². The number of furan rings is 1. The lowest BCUT2D eigenvalue weighted by atomic mass is 10.1. The van der Waals surface area contributed by atoms with Crippen LogP contribution in [-0.2, 0) is 17.9 Å². The first-order valence-electron chi connectivity index (χ1n) is 10.6. The van der Waals surface area contributed by atoms with Gasteiger partial charge in [-0.25, -0.2) is 4.79 Å². The second-order valence-electron chi connectivity index (χ2n) is 7.95. The van der Waals surface area contributed by atoms with Gasteiger partial charge in [-0.3, -0.25) is 24.0 Å². The normalized spacial score (nSPS) is 14.5. The van der Waals surface area contributed by atoms with Crippen molar-refractivity contribution < 1.29 is 9.21 Å². The van der Waals surface area contributed by atoms with Crippen LogP contribution < -0.4 is 21.9 Å². The Balaban J connectivity index is 1.93. The Morgan fingerprint density at radius 3 is 2.70 bits per heavy atom. The largest absolute Gasteiger partial charge is 0.468 e. The van der Waals surface area contributed by atoms with Gasteiger partial charge in [0.15, 0.2) is 5.69 Å². The highest BCUT2D eigenvalue weighted by Crippen LogP contribution is 2.29. The number of carbonyl (C=O) groups excluding carboxylic acids is 1. The maximum atomic E-state index is 13.3. The molecular weight excluding hydrogens is 386 g/mol. The highest BCUT2D eigenvalue weighted by molar-refractivity contribution is 5.97. The van der Waals surface area contributed by atoms with Crippen LogP contribution in [0, 0.1) is 0 Å². The van der Waals surface area contributed by atoms with E-state index in [0.717, 1.165) is 44.3 Å². The average Bonchev–Trinajstić information content (AvgIpc) is 3.38. The Kier molecular flexibility index (Phi) is 7.15. The van der Waals surface area contributed by atoms with Crippen LogP contribution in [-0.4, -0.2) is 40.0 Å². The quantitative estimate of drug-likeness (QED) is 0.644. The Bertz CT molecular complexity index is 957. The number of nitrogens with one attached hydrogen (secondary N) is 1. The number of likely N-dealkylation sites (N-methyl/N-ethyl adjacent to an activating group) is 1. The van der Waals surface area contributed by atoms with Crippen LogP contribution in [0.4, 0.5) is 11.5 Å². The molecule has 1 amide bonds. The third-order valence-corrected chi connectivity index (χ3v) is 5.56. The van der Waals surface area contributed by atoms with Crippen molar-refractivity contribution in [3.63, 3.8) is 0 Å². The van der Waals surface area contributed by atoms with Crippen molar-refractivity contribution in [3.05, 3.63) is 45.0 Å². The molecule has 0 aromatic carbocycles. The molecule has 1 saturated carbocycles. The van der Waals surface area contributed by atoms with Crippen molar-refractivity contribution in [1.29, 1.82) is 0 Å². The number of anilines is 2. The monoisotopic (exact) mass is 417 g/mol. The molecule has 3 rings (SSSR count). The molecule has 30 heavy (non-hydrogen) atoms. The first-order valence-corrected chi connectivity index (χ1v) is 10.6. The molecular formula is C21H31N5O4. The van der Waals surface area contributed by atoms with E-state index in [0.29, 0.717) is 13.1 Å². The zero-order valence-electron chi connectivity index (χ0n) is 17.7. The van der Waals surface area contributed by atoms with E-state index in [1.165, 1.54) is 9.47 Å². The predicted octanol–water partition coefficient (Wildman–Crippen LogP) is 1.92. The minimum absolute atomic E-state index is 0.0612. The molecule has 0 unspecified atom stereocenters. The predicted molar refractivity (Wildman–Crippen MR) is 115 cm³/mol. The van der Waals surface area contributed by atoms with Gasteiger partial charge >= 0.3 is 5.69 Å². The maximum Gasteiger partial charge on any atom is 0.330 e. The number of H-pyrrole nitrogens is 1. The van der Waals surface area contributed by atoms with E-state index in [1.807, 2.05) is 24.9 Å². The molecule has 1 aliphatic carbocycles. The number of carbonyl (C=O) groups is 1. The number of aromatic nitrogens is 2. The summed E-state index contributed by atoms with van der Waals surface area (Å²) in [6.07, 6.45) is 6.81. The number of aromatic amines is 1. The van der Waals surface area contributed by atoms with Gasteiger partial charge in [0, 0.05) is 12.6 Å². The summed E-state index contributed by atoms with van der Waals surface area (Å²) in [5, 5.41) is 0. The molecule has 0 spiro atoms. The molecule has 0 atom stereocenters. The van der Waals surface area contributed by atoms with Crippen LogP contribution in [0.2, 0.25) is 0 Å². The number of rotatable bonds is 9. The van der Waals surface area contributed by atoms with Crippen molar-refractivity contribution in [2.75, 3.05) is 24.2 Å². The minimum atomic E-state index is -0.612. The van der Waals surface area contributed by atoms with Crippen molar-refractivity contribution in [2.45, 2.75) is 64.6 Å². The van der Waals surface area contributed by atoms with Gasteiger partial charge in [0.2, 0.25) is 5.91 Å². The van der Waals surface area contributed by atoms with E-state index in [4.69, 9.17) is 10.2 Å². The molecule has 2 aromatic rings. The number of hydrogen-bond acceptors (Lipinski definition) is 6. The highest BCUT2D eigenvalue weighted by atomic mass is 16.3. The molecule has 164 valence electrons. The summed E-state index contributed by atoms with van der Waals surface area (Å²) in [5.41, 5.74) is 5.23. The smallest absolute Gasteiger partial charge is 0.330 e. The SMILES string of the molecule is CCCCn1c(N)c(N(C(=O)CN(C)Cc2ccco2)C2CCCC2)c(=O)[nH]c1=O. The van der Waals surface area contributed by atoms with Crippen LogP contribution in [0.3, 0.4) is 0 Å². The number of nitrogens with two attached hydrogens (primary N) is 1. The summed E-state index contributed by atoms with van der Waals surface area (Å²) in [6, 6.07) is 3.55. The Hall–Kier alpha value is -2.81. The standard InChI is InChI=1S/C21H31N5O4/c1-3-4-11-25-19(22)18(20(28)23-21(25)29)26(15-8-5-6-9-15)17(27)14-24(2)13-16-10-7-12-30-16/h7,10,12,15H,3-6,8-9,11,13-14,22H2,1-2H3,(H,23,28,29). The van der Waals surface area contributed by atoms with Crippen molar-refractivity contribution in [3.8, 4) is 0 Å². The number of hydrogen-bond donors (Lipinski definition) is 2. The van der Waals surface area contributed by atoms with E-state index >= 15 is 0 Å². The molecule has 1 aliphatic rings. The van der Waals surface area contributed by atoms with E-state index in [2.05, 4.69) is 4.98 Å². The molecule has 1 fully saturated rings. The number of nitrogens with zero attached hydrogens (tertiary/aromatic N) is 3. The summed E-state index contributed by atoms with van der Waals surface area (Å²) >= 11 is 0. The number of unbranched alkanes of at least 4 members (excludes halogenated alkanes) is 1. The molecule has 9 nitrogen and oxygen atoms in total. The lowest BCUT2D eigenvalue weighted by Crippen LogP contribution is -2.48. The van der Waals surface area contributed by atoms with E-state index < -0.39 is 11.2 Å². The fraction of sp³-hybridized carbons (Fsp3) is 0.571. The number of amides is 1. The zero-order valence-corrected chi connectivity index (χ0v) is 17.7. The van der Waals surface area contributed by atoms with E-state index in [1.54, 1.807) is 12.3 Å². The second-order valence-corrected chi connectivity index (χ2v) is 7.95. The van der Waals surface area contributed by atoms with Gasteiger partial charge in [-0.05, 0) is 38.4 Å². The summed E-state index contributed by atoms with van der Waals surface area (Å²) in [4.78, 5) is 44.1. The van der Waals surface area contributed by atoms with Gasteiger partial charge < -0.3 is 15.1 Å². The van der Waals surface area contributed by atoms with Crippen LogP contribution in [0.5, 0.6) is 0 Å². The third kappa shape index (κ3) is 4.84. The molecule has 2 heterocycles. The van der Waals surface area contributed by atoms with Gasteiger partial charge in [-0.1, -0.05) is 26.2 Å². The minimum Gasteiger partial charge on any atom is -0.468 e. The fourth-order valence-electron chi connectivity index (χ4n) is 4.05. The topological polar surface area (TPSA) is 118 Å². The highest BCUT2D eigenvalue weighted by Gasteiger charge is 2.33. The Morgan fingerprint density at radius 1 is 1.33 bits per heavy atom. The first kappa shape index (κ1) is 21.9. The zero-order chi connectivity index (χ0) is 21.7. The van der Waals surface area contributed by atoms with Gasteiger partial charge in [-0.2, -0.15) is 0 Å². The fourth-order valence-corrected chi connectivity index (χ4v) is 4.05. The molecule has 0 radical (unpaired) electrons. The van der Waals surface area contributed by atoms with Crippen molar-refractivity contribution >= 4 is 17.4 Å². The molecule has 3 N–H and O–H groups in total. The van der Waals surface area contributed by atoms with Crippen LogP contribution in [0.1, 0.15) is 51.2 Å². The summed E-state index contributed by atoms with van der Waals surface area (Å²) in [5.74, 6) is 0.600. The maximum absolute atomic E-state index is 13.3. The van der Waals surface area contributed by atoms with Gasteiger partial charge in [0.1, 0.15) is 11.6 Å². The van der Waals surface area contributed by atoms with Gasteiger partial charge in [-0.15, -0.1) is 0 Å². The lowest BCUT2D eigenvalue weighted by Gasteiger charge is -2.31. The third-order valence-electron chi connectivity index (χ3n) is 5.56. The number of nitrogen functional groups attached to an aromatic ring is 1. The van der Waals surface area contributed by atoms with Crippen LogP contribution >= 0.6 is 0 Å². The summed E-state index contributed by atoms with van der Waals surface area (Å²) in [6.45, 7) is 2.98. The molecule has 0 aliphatic heterocycles. The van der Waals surface area contributed by atoms with Crippen LogP contribution in [0.15, 0.2) is 32.4 Å². The molecule has 2 aromatic heterocycles. The Labute approximate surface area is 175 Å². The Morgan fingerprint density at radius 2 is 2.07 bits per heavy atom. The van der Waals surface area contributed by atoms with Crippen LogP contribution in [0.25, 0.3) is 0 Å².